The molecule has 6 heteroatoms. The fourth-order valence-electron chi connectivity index (χ4n) is 3.40. The molecule has 0 aliphatic carbocycles. The Hall–Kier alpha value is -2.24. The summed E-state index contributed by atoms with van der Waals surface area (Å²) in [7, 11) is 1.67. The standard InChI is InChI=1S/C20H17ClN2O2S/c1-22-18(19(24)26-20(22)25)15-8-5-9-17-14(15)10-11-23(17)12-16(21)13-6-3-2-4-7-13/h2-11,16,18H,12H2,1H3. The zero-order valence-corrected chi connectivity index (χ0v) is 15.7. The number of aromatic nitrogens is 1. The average Bonchev–Trinajstić information content (AvgIpc) is 3.16. The van der Waals surface area contributed by atoms with Crippen molar-refractivity contribution in [2.45, 2.75) is 18.0 Å². The fourth-order valence-corrected chi connectivity index (χ4v) is 4.51. The van der Waals surface area contributed by atoms with E-state index in [-0.39, 0.29) is 15.7 Å². The number of hydrogen-bond acceptors (Lipinski definition) is 3. The van der Waals surface area contributed by atoms with Crippen LogP contribution < -0.4 is 0 Å². The number of thioether (sulfide) groups is 1. The van der Waals surface area contributed by atoms with Crippen LogP contribution in [0.3, 0.4) is 0 Å². The maximum absolute atomic E-state index is 12.3. The van der Waals surface area contributed by atoms with Crippen LogP contribution in [0.25, 0.3) is 10.9 Å². The Labute approximate surface area is 160 Å². The van der Waals surface area contributed by atoms with E-state index < -0.39 is 6.04 Å². The van der Waals surface area contributed by atoms with Crippen LogP contribution in [-0.2, 0) is 11.3 Å². The minimum absolute atomic E-state index is 0.128. The molecular formula is C20H17ClN2O2S. The molecular weight excluding hydrogens is 368 g/mol. The van der Waals surface area contributed by atoms with E-state index in [0.29, 0.717) is 6.54 Å². The largest absolute Gasteiger partial charge is 0.346 e. The quantitative estimate of drug-likeness (QED) is 0.595. The van der Waals surface area contributed by atoms with Crippen molar-refractivity contribution in [3.05, 3.63) is 71.9 Å². The van der Waals surface area contributed by atoms with Gasteiger partial charge in [-0.25, -0.2) is 0 Å². The summed E-state index contributed by atoms with van der Waals surface area (Å²) < 4.78 is 2.10. The molecule has 0 bridgehead atoms. The van der Waals surface area contributed by atoms with Crippen molar-refractivity contribution >= 4 is 44.6 Å². The zero-order chi connectivity index (χ0) is 18.3. The normalized spacial score (nSPS) is 18.7. The van der Waals surface area contributed by atoms with Gasteiger partial charge in [-0.05, 0) is 23.3 Å². The molecule has 3 aromatic rings. The van der Waals surface area contributed by atoms with E-state index in [1.54, 1.807) is 7.05 Å². The van der Waals surface area contributed by atoms with Gasteiger partial charge in [0, 0.05) is 42.5 Å². The summed E-state index contributed by atoms with van der Waals surface area (Å²) in [5.74, 6) is 0. The summed E-state index contributed by atoms with van der Waals surface area (Å²) in [5.41, 5.74) is 2.94. The van der Waals surface area contributed by atoms with Crippen LogP contribution in [0, 0.1) is 0 Å². The van der Waals surface area contributed by atoms with E-state index in [1.807, 2.05) is 60.8 Å². The average molecular weight is 385 g/mol. The van der Waals surface area contributed by atoms with E-state index in [2.05, 4.69) is 4.57 Å². The van der Waals surface area contributed by atoms with E-state index in [0.717, 1.165) is 33.8 Å². The summed E-state index contributed by atoms with van der Waals surface area (Å²) >= 11 is 7.37. The van der Waals surface area contributed by atoms with Gasteiger partial charge < -0.3 is 9.47 Å². The molecule has 1 saturated heterocycles. The molecule has 2 aromatic carbocycles. The van der Waals surface area contributed by atoms with Gasteiger partial charge >= 0.3 is 0 Å². The number of benzene rings is 2. The molecule has 4 rings (SSSR count). The number of amides is 1. The first-order valence-electron chi connectivity index (χ1n) is 8.31. The monoisotopic (exact) mass is 384 g/mol. The SMILES string of the molecule is CN1C(=O)SC(=O)C1c1cccc2c1ccn2CC(Cl)c1ccccc1. The predicted octanol–water partition coefficient (Wildman–Crippen LogP) is 4.99. The topological polar surface area (TPSA) is 42.3 Å². The summed E-state index contributed by atoms with van der Waals surface area (Å²) in [6.45, 7) is 0.626. The molecule has 1 aromatic heterocycles. The lowest BCUT2D eigenvalue weighted by Crippen LogP contribution is -2.23. The van der Waals surface area contributed by atoms with Crippen LogP contribution in [0.1, 0.15) is 22.5 Å². The maximum Gasteiger partial charge on any atom is 0.289 e. The minimum Gasteiger partial charge on any atom is -0.346 e. The number of likely N-dealkylation sites (N-methyl/N-ethyl adjacent to an activating group) is 1. The number of carbonyl (C=O) groups excluding carboxylic acids is 2. The van der Waals surface area contributed by atoms with Crippen molar-refractivity contribution in [3.63, 3.8) is 0 Å². The molecule has 26 heavy (non-hydrogen) atoms. The molecule has 2 atom stereocenters. The first-order valence-corrected chi connectivity index (χ1v) is 9.57. The van der Waals surface area contributed by atoms with E-state index >= 15 is 0 Å². The van der Waals surface area contributed by atoms with Gasteiger partial charge in [-0.1, -0.05) is 42.5 Å². The summed E-state index contributed by atoms with van der Waals surface area (Å²) in [5, 5.41) is 0.492. The second-order valence-electron chi connectivity index (χ2n) is 6.33. The Bertz CT molecular complexity index is 986. The molecule has 1 amide bonds. The third-order valence-electron chi connectivity index (χ3n) is 4.75. The molecule has 0 saturated carbocycles. The predicted molar refractivity (Wildman–Crippen MR) is 105 cm³/mol. The molecule has 0 radical (unpaired) electrons. The van der Waals surface area contributed by atoms with Crippen molar-refractivity contribution in [2.75, 3.05) is 7.05 Å². The zero-order valence-electron chi connectivity index (χ0n) is 14.1. The molecule has 132 valence electrons. The van der Waals surface area contributed by atoms with Gasteiger partial charge in [0.25, 0.3) is 5.24 Å². The highest BCUT2D eigenvalue weighted by atomic mass is 35.5. The Morgan fingerprint density at radius 2 is 1.85 bits per heavy atom. The third-order valence-corrected chi connectivity index (χ3v) is 6.02. The van der Waals surface area contributed by atoms with Crippen molar-refractivity contribution in [1.82, 2.24) is 9.47 Å². The van der Waals surface area contributed by atoms with Gasteiger partial charge in [-0.15, -0.1) is 11.6 Å². The smallest absolute Gasteiger partial charge is 0.289 e. The van der Waals surface area contributed by atoms with Crippen LogP contribution in [0.2, 0.25) is 0 Å². The Balaban J connectivity index is 1.70. The summed E-state index contributed by atoms with van der Waals surface area (Å²) in [6.07, 6.45) is 1.99. The lowest BCUT2D eigenvalue weighted by Gasteiger charge is -2.19. The van der Waals surface area contributed by atoms with Gasteiger partial charge in [0.05, 0.1) is 5.38 Å². The van der Waals surface area contributed by atoms with Crippen LogP contribution in [0.5, 0.6) is 0 Å². The second-order valence-corrected chi connectivity index (χ2v) is 7.81. The first kappa shape index (κ1) is 17.2. The first-order chi connectivity index (χ1) is 12.6. The molecule has 1 aliphatic rings. The molecule has 0 spiro atoms. The van der Waals surface area contributed by atoms with Gasteiger partial charge in [0.15, 0.2) is 0 Å². The highest BCUT2D eigenvalue weighted by Gasteiger charge is 2.39. The second kappa shape index (κ2) is 6.82. The van der Waals surface area contributed by atoms with E-state index in [1.165, 1.54) is 4.90 Å². The molecule has 1 fully saturated rings. The third kappa shape index (κ3) is 2.91. The van der Waals surface area contributed by atoms with Crippen molar-refractivity contribution in [1.29, 1.82) is 0 Å². The van der Waals surface area contributed by atoms with Crippen molar-refractivity contribution in [2.24, 2.45) is 0 Å². The van der Waals surface area contributed by atoms with Gasteiger partial charge in [0.2, 0.25) is 5.12 Å². The molecule has 4 nitrogen and oxygen atoms in total. The number of hydrogen-bond donors (Lipinski definition) is 0. The molecule has 2 heterocycles. The number of rotatable bonds is 4. The minimum atomic E-state index is -0.534. The van der Waals surface area contributed by atoms with Crippen LogP contribution in [-0.4, -0.2) is 26.9 Å². The van der Waals surface area contributed by atoms with Gasteiger partial charge in [-0.3, -0.25) is 9.59 Å². The highest BCUT2D eigenvalue weighted by molar-refractivity contribution is 8.26. The molecule has 0 N–H and O–H groups in total. The summed E-state index contributed by atoms with van der Waals surface area (Å²) in [4.78, 5) is 25.6. The van der Waals surface area contributed by atoms with Crippen LogP contribution in [0.4, 0.5) is 4.79 Å². The van der Waals surface area contributed by atoms with E-state index in [9.17, 15) is 9.59 Å². The van der Waals surface area contributed by atoms with E-state index in [4.69, 9.17) is 11.6 Å². The number of alkyl halides is 1. The van der Waals surface area contributed by atoms with Crippen LogP contribution in [0.15, 0.2) is 60.8 Å². The number of carbonyl (C=O) groups is 2. The Morgan fingerprint density at radius 3 is 2.54 bits per heavy atom. The summed E-state index contributed by atoms with van der Waals surface area (Å²) in [6, 6.07) is 17.3. The number of halogens is 1. The lowest BCUT2D eigenvalue weighted by molar-refractivity contribution is -0.113. The molecule has 2 unspecified atom stereocenters. The lowest BCUT2D eigenvalue weighted by atomic mass is 10.0. The fraction of sp³-hybridized carbons (Fsp3) is 0.200. The van der Waals surface area contributed by atoms with Crippen LogP contribution >= 0.6 is 23.4 Å². The Kier molecular flexibility index (Phi) is 4.51. The van der Waals surface area contributed by atoms with Gasteiger partial charge in [0.1, 0.15) is 6.04 Å². The maximum atomic E-state index is 12.3. The van der Waals surface area contributed by atoms with Gasteiger partial charge in [-0.2, -0.15) is 0 Å². The molecule has 1 aliphatic heterocycles. The number of nitrogens with zero attached hydrogens (tertiary/aromatic N) is 2. The highest BCUT2D eigenvalue weighted by Crippen LogP contribution is 2.38. The van der Waals surface area contributed by atoms with Crippen molar-refractivity contribution in [3.8, 4) is 0 Å². The number of fused-ring (bicyclic) bond motifs is 1. The van der Waals surface area contributed by atoms with Crippen molar-refractivity contribution < 1.29 is 9.59 Å². The Morgan fingerprint density at radius 1 is 1.08 bits per heavy atom.